The number of guanidine groups is 1. The zero-order valence-corrected chi connectivity index (χ0v) is 20.4. The molecule has 30 heavy (non-hydrogen) atoms. The molecule has 0 spiro atoms. The van der Waals surface area contributed by atoms with Gasteiger partial charge < -0.3 is 20.9 Å². The summed E-state index contributed by atoms with van der Waals surface area (Å²) in [7, 11) is 0. The largest absolute Gasteiger partial charge is 0.370 e. The molecule has 1 unspecified atom stereocenters. The molecule has 3 N–H and O–H groups in total. The van der Waals surface area contributed by atoms with Gasteiger partial charge in [-0.25, -0.2) is 4.98 Å². The van der Waals surface area contributed by atoms with Crippen LogP contribution in [0.25, 0.3) is 0 Å². The second-order valence-electron chi connectivity index (χ2n) is 7.52. The zero-order chi connectivity index (χ0) is 20.3. The summed E-state index contributed by atoms with van der Waals surface area (Å²) in [6.07, 6.45) is 5.07. The van der Waals surface area contributed by atoms with Gasteiger partial charge in [-0.2, -0.15) is 0 Å². The molecule has 7 heteroatoms. The van der Waals surface area contributed by atoms with Gasteiger partial charge >= 0.3 is 0 Å². The van der Waals surface area contributed by atoms with Crippen LogP contribution in [0.5, 0.6) is 0 Å². The Labute approximate surface area is 198 Å². The van der Waals surface area contributed by atoms with Crippen LogP contribution in [0.15, 0.2) is 53.7 Å². The highest BCUT2D eigenvalue weighted by atomic mass is 127. The molecule has 3 rings (SSSR count). The minimum atomic E-state index is 0. The number of nitrogens with zero attached hydrogens (tertiary/aromatic N) is 3. The highest BCUT2D eigenvalue weighted by molar-refractivity contribution is 14.0. The number of hydrogen-bond acceptors (Lipinski definition) is 4. The van der Waals surface area contributed by atoms with Crippen LogP contribution in [0.3, 0.4) is 0 Å². The van der Waals surface area contributed by atoms with E-state index in [4.69, 9.17) is 4.99 Å². The van der Waals surface area contributed by atoms with Crippen molar-refractivity contribution >= 4 is 41.4 Å². The molecule has 1 aliphatic heterocycles. The number of benzene rings is 1. The van der Waals surface area contributed by atoms with E-state index >= 15 is 0 Å². The molecule has 1 aromatic heterocycles. The van der Waals surface area contributed by atoms with Gasteiger partial charge in [-0.15, -0.1) is 24.0 Å². The summed E-state index contributed by atoms with van der Waals surface area (Å²) < 4.78 is 0. The second-order valence-corrected chi connectivity index (χ2v) is 7.52. The predicted octanol–water partition coefficient (Wildman–Crippen LogP) is 4.03. The lowest BCUT2D eigenvalue weighted by Gasteiger charge is -2.20. The molecule has 6 nitrogen and oxygen atoms in total. The lowest BCUT2D eigenvalue weighted by molar-refractivity contribution is 0.646. The Morgan fingerprint density at radius 3 is 2.73 bits per heavy atom. The Kier molecular flexibility index (Phi) is 10.8. The van der Waals surface area contributed by atoms with Crippen LogP contribution in [0.2, 0.25) is 0 Å². The van der Waals surface area contributed by atoms with E-state index in [2.05, 4.69) is 63.9 Å². The van der Waals surface area contributed by atoms with E-state index in [0.29, 0.717) is 6.04 Å². The molecule has 1 aliphatic rings. The molecule has 1 aromatic carbocycles. The number of nitrogens with one attached hydrogen (secondary N) is 3. The summed E-state index contributed by atoms with van der Waals surface area (Å²) in [5.74, 6) is 1.87. The van der Waals surface area contributed by atoms with Gasteiger partial charge in [-0.05, 0) is 57.4 Å². The van der Waals surface area contributed by atoms with Gasteiger partial charge in [0.25, 0.3) is 0 Å². The third kappa shape index (κ3) is 8.01. The summed E-state index contributed by atoms with van der Waals surface area (Å²) in [4.78, 5) is 11.5. The van der Waals surface area contributed by atoms with Crippen molar-refractivity contribution in [1.29, 1.82) is 0 Å². The van der Waals surface area contributed by atoms with E-state index in [1.165, 1.54) is 11.3 Å². The number of anilines is 2. The molecule has 0 amide bonds. The first-order chi connectivity index (χ1) is 14.2. The van der Waals surface area contributed by atoms with Crippen molar-refractivity contribution in [3.63, 3.8) is 0 Å². The average molecular weight is 522 g/mol. The first-order valence-corrected chi connectivity index (χ1v) is 10.8. The van der Waals surface area contributed by atoms with E-state index in [1.54, 1.807) is 0 Å². The monoisotopic (exact) mass is 522 g/mol. The Morgan fingerprint density at radius 1 is 1.17 bits per heavy atom. The van der Waals surface area contributed by atoms with Crippen molar-refractivity contribution in [3.05, 3.63) is 54.2 Å². The number of hydrogen-bond donors (Lipinski definition) is 3. The van der Waals surface area contributed by atoms with E-state index in [-0.39, 0.29) is 24.0 Å². The van der Waals surface area contributed by atoms with Crippen LogP contribution in [0.4, 0.5) is 11.5 Å². The quantitative estimate of drug-likeness (QED) is 0.201. The lowest BCUT2D eigenvalue weighted by Crippen LogP contribution is -2.44. The Balaban J connectivity index is 0.00000320. The maximum absolute atomic E-state index is 4.76. The minimum Gasteiger partial charge on any atom is -0.370 e. The Morgan fingerprint density at radius 2 is 2.00 bits per heavy atom. The fourth-order valence-corrected chi connectivity index (χ4v) is 3.49. The summed E-state index contributed by atoms with van der Waals surface area (Å²) in [5, 5.41) is 10.3. The number of unbranched alkanes of at least 4 members (excludes halogenated alkanes) is 1. The van der Waals surface area contributed by atoms with E-state index in [0.717, 1.165) is 63.8 Å². The van der Waals surface area contributed by atoms with Crippen LogP contribution in [-0.4, -0.2) is 49.7 Å². The van der Waals surface area contributed by atoms with E-state index < -0.39 is 0 Å². The summed E-state index contributed by atoms with van der Waals surface area (Å²) in [6.45, 7) is 8.97. The first kappa shape index (κ1) is 24.2. The molecular formula is C23H35IN6. The van der Waals surface area contributed by atoms with Crippen LogP contribution in [0.1, 0.15) is 31.7 Å². The third-order valence-corrected chi connectivity index (χ3v) is 5.10. The molecule has 1 saturated heterocycles. The standard InChI is InChI=1S/C23H34N6.HI/c1-3-24-23(27-16-7-6-15-26-22-8-4-5-14-25-22)28-20-13-17-29(18-20)21-11-9-19(2)10-12-21;/h4-5,8-12,14,20H,3,6-7,13,15-18H2,1-2H3,(H,25,26)(H2,24,27,28);1H. The molecule has 0 bridgehead atoms. The van der Waals surface area contributed by atoms with Crippen molar-refractivity contribution in [3.8, 4) is 0 Å². The highest BCUT2D eigenvalue weighted by Gasteiger charge is 2.23. The molecule has 0 aliphatic carbocycles. The Hall–Kier alpha value is -2.03. The molecule has 0 radical (unpaired) electrons. The van der Waals surface area contributed by atoms with Gasteiger partial charge in [-0.3, -0.25) is 4.99 Å². The summed E-state index contributed by atoms with van der Waals surface area (Å²) in [6, 6.07) is 15.2. The topological polar surface area (TPSA) is 64.6 Å². The van der Waals surface area contributed by atoms with Gasteiger partial charge in [0.2, 0.25) is 0 Å². The number of rotatable bonds is 9. The molecule has 0 saturated carbocycles. The second kappa shape index (κ2) is 13.3. The molecule has 164 valence electrons. The average Bonchev–Trinajstić information content (AvgIpc) is 3.20. The summed E-state index contributed by atoms with van der Waals surface area (Å²) >= 11 is 0. The van der Waals surface area contributed by atoms with Gasteiger partial charge in [0, 0.05) is 50.6 Å². The molecule has 2 heterocycles. The van der Waals surface area contributed by atoms with Gasteiger partial charge in [0.05, 0.1) is 0 Å². The van der Waals surface area contributed by atoms with E-state index in [9.17, 15) is 0 Å². The van der Waals surface area contributed by atoms with Crippen molar-refractivity contribution in [1.82, 2.24) is 15.6 Å². The maximum atomic E-state index is 4.76. The normalized spacial score (nSPS) is 16.1. The van der Waals surface area contributed by atoms with Crippen molar-refractivity contribution in [2.75, 3.05) is 42.9 Å². The SMILES string of the molecule is CCNC(=NCCCCNc1ccccn1)NC1CCN(c2ccc(C)cc2)C1.I. The highest BCUT2D eigenvalue weighted by Crippen LogP contribution is 2.20. The Bertz CT molecular complexity index is 750. The predicted molar refractivity (Wildman–Crippen MR) is 138 cm³/mol. The fraction of sp³-hybridized carbons (Fsp3) is 0.478. The van der Waals surface area contributed by atoms with Crippen molar-refractivity contribution in [2.45, 2.75) is 39.2 Å². The molecule has 2 aromatic rings. The van der Waals surface area contributed by atoms with Crippen LogP contribution < -0.4 is 20.9 Å². The van der Waals surface area contributed by atoms with Crippen LogP contribution in [0, 0.1) is 6.92 Å². The van der Waals surface area contributed by atoms with E-state index in [1.807, 2.05) is 24.4 Å². The zero-order valence-electron chi connectivity index (χ0n) is 18.1. The van der Waals surface area contributed by atoms with Gasteiger partial charge in [0.15, 0.2) is 5.96 Å². The van der Waals surface area contributed by atoms with Gasteiger partial charge in [-0.1, -0.05) is 23.8 Å². The lowest BCUT2D eigenvalue weighted by atomic mass is 10.2. The third-order valence-electron chi connectivity index (χ3n) is 5.10. The van der Waals surface area contributed by atoms with Crippen LogP contribution in [-0.2, 0) is 0 Å². The molecule has 1 atom stereocenters. The van der Waals surface area contributed by atoms with Crippen molar-refractivity contribution in [2.24, 2.45) is 4.99 Å². The number of halogens is 1. The maximum Gasteiger partial charge on any atom is 0.191 e. The van der Waals surface area contributed by atoms with Crippen molar-refractivity contribution < 1.29 is 0 Å². The number of aliphatic imine (C=N–C) groups is 1. The number of aromatic nitrogens is 1. The van der Waals surface area contributed by atoms with Gasteiger partial charge in [0.1, 0.15) is 5.82 Å². The molecular weight excluding hydrogens is 487 g/mol. The number of aryl methyl sites for hydroxylation is 1. The smallest absolute Gasteiger partial charge is 0.191 e. The molecule has 1 fully saturated rings. The first-order valence-electron chi connectivity index (χ1n) is 10.8. The summed E-state index contributed by atoms with van der Waals surface area (Å²) in [5.41, 5.74) is 2.61. The number of pyridine rings is 1. The fourth-order valence-electron chi connectivity index (χ4n) is 3.49. The minimum absolute atomic E-state index is 0. The van der Waals surface area contributed by atoms with Crippen LogP contribution >= 0.6 is 24.0 Å².